The molecule has 2 aromatic rings. The van der Waals surface area contributed by atoms with E-state index in [1.54, 1.807) is 0 Å². The molecule has 0 aliphatic carbocycles. The van der Waals surface area contributed by atoms with E-state index in [1.165, 1.54) is 5.69 Å². The van der Waals surface area contributed by atoms with Gasteiger partial charge in [0.15, 0.2) is 0 Å². The molecule has 0 spiro atoms. The second-order valence-electron chi connectivity index (χ2n) is 7.17. The molecule has 1 saturated heterocycles. The number of aryl methyl sites for hydroxylation is 3. The Bertz CT molecular complexity index is 771. The van der Waals surface area contributed by atoms with Gasteiger partial charge in [0.05, 0.1) is 35.0 Å². The van der Waals surface area contributed by atoms with Crippen LogP contribution in [0.15, 0.2) is 18.6 Å². The van der Waals surface area contributed by atoms with E-state index in [1.807, 2.05) is 39.5 Å². The molecule has 0 radical (unpaired) electrons. The van der Waals surface area contributed by atoms with Crippen molar-refractivity contribution in [3.05, 3.63) is 41.2 Å². The summed E-state index contributed by atoms with van der Waals surface area (Å²) in [4.78, 5) is 19.4. The topological polar surface area (TPSA) is 75.9 Å². The summed E-state index contributed by atoms with van der Waals surface area (Å²) in [5.74, 6) is 0.297. The van der Waals surface area contributed by atoms with Crippen molar-refractivity contribution >= 4 is 5.91 Å². The highest BCUT2D eigenvalue weighted by Gasteiger charge is 2.32. The molecule has 2 atom stereocenters. The first-order chi connectivity index (χ1) is 12.5. The van der Waals surface area contributed by atoms with Gasteiger partial charge >= 0.3 is 0 Å². The maximum Gasteiger partial charge on any atom is 0.253 e. The molecule has 3 heterocycles. The molecule has 2 aromatic heterocycles. The Morgan fingerprint density at radius 3 is 2.85 bits per heavy atom. The molecule has 7 nitrogen and oxygen atoms in total. The Morgan fingerprint density at radius 1 is 1.35 bits per heavy atom. The predicted molar refractivity (Wildman–Crippen MR) is 99.8 cm³/mol. The Labute approximate surface area is 154 Å². The normalized spacial score (nSPS) is 20.9. The zero-order chi connectivity index (χ0) is 18.7. The first kappa shape index (κ1) is 18.5. The van der Waals surface area contributed by atoms with Gasteiger partial charge in [0.25, 0.3) is 5.91 Å². The average molecular weight is 356 g/mol. The number of carbonyl (C=O) groups is 1. The van der Waals surface area contributed by atoms with Crippen LogP contribution in [0.25, 0.3) is 0 Å². The number of hydrogen-bond donors (Lipinski definition) is 1. The molecule has 140 valence electrons. The molecule has 0 aromatic carbocycles. The van der Waals surface area contributed by atoms with E-state index in [-0.39, 0.29) is 11.9 Å². The first-order valence-corrected chi connectivity index (χ1v) is 9.29. The largest absolute Gasteiger partial charge is 0.352 e. The van der Waals surface area contributed by atoms with Gasteiger partial charge in [-0.15, -0.1) is 0 Å². The van der Waals surface area contributed by atoms with Gasteiger partial charge in [0.2, 0.25) is 0 Å². The van der Waals surface area contributed by atoms with Crippen molar-refractivity contribution in [1.82, 2.24) is 30.0 Å². The highest BCUT2D eigenvalue weighted by molar-refractivity contribution is 5.95. The smallest absolute Gasteiger partial charge is 0.253 e. The number of aromatic nitrogens is 4. The number of likely N-dealkylation sites (tertiary alicyclic amines) is 1. The lowest BCUT2D eigenvalue weighted by Crippen LogP contribution is -2.42. The maximum atomic E-state index is 12.8. The molecule has 7 heteroatoms. The van der Waals surface area contributed by atoms with Crippen LogP contribution in [0.4, 0.5) is 0 Å². The number of nitrogens with zero attached hydrogens (tertiary/aromatic N) is 5. The predicted octanol–water partition coefficient (Wildman–Crippen LogP) is 1.89. The lowest BCUT2D eigenvalue weighted by Gasteiger charge is -2.39. The van der Waals surface area contributed by atoms with Crippen LogP contribution in [0, 0.1) is 12.8 Å². The summed E-state index contributed by atoms with van der Waals surface area (Å²) in [5, 5.41) is 11.4. The minimum Gasteiger partial charge on any atom is -0.352 e. The van der Waals surface area contributed by atoms with E-state index in [4.69, 9.17) is 0 Å². The molecule has 0 bridgehead atoms. The van der Waals surface area contributed by atoms with Crippen LogP contribution in [-0.2, 0) is 13.5 Å². The van der Waals surface area contributed by atoms with Crippen LogP contribution in [0.1, 0.15) is 53.2 Å². The second kappa shape index (κ2) is 7.95. The SMILES string of the molecule is CCc1nnc(C)cc1C(=O)NC[C@@H]1CCCN(C)[C@H]1c1cncn1C. The fourth-order valence-electron chi connectivity index (χ4n) is 3.88. The minimum atomic E-state index is -0.0585. The number of rotatable bonds is 5. The quantitative estimate of drug-likeness (QED) is 0.885. The number of hydrogen-bond acceptors (Lipinski definition) is 5. The molecule has 26 heavy (non-hydrogen) atoms. The van der Waals surface area contributed by atoms with Crippen molar-refractivity contribution in [2.45, 2.75) is 39.2 Å². The molecule has 1 amide bonds. The van der Waals surface area contributed by atoms with Gasteiger partial charge in [0.1, 0.15) is 0 Å². The van der Waals surface area contributed by atoms with Crippen molar-refractivity contribution in [2.24, 2.45) is 13.0 Å². The first-order valence-electron chi connectivity index (χ1n) is 9.29. The summed E-state index contributed by atoms with van der Waals surface area (Å²) in [5.41, 5.74) is 3.35. The Kier molecular flexibility index (Phi) is 5.66. The van der Waals surface area contributed by atoms with Crippen molar-refractivity contribution in [2.75, 3.05) is 20.1 Å². The summed E-state index contributed by atoms with van der Waals surface area (Å²) in [6.45, 7) is 5.56. The summed E-state index contributed by atoms with van der Waals surface area (Å²) < 4.78 is 2.08. The zero-order valence-electron chi connectivity index (χ0n) is 16.1. The summed E-state index contributed by atoms with van der Waals surface area (Å²) >= 11 is 0. The van der Waals surface area contributed by atoms with Crippen LogP contribution < -0.4 is 5.32 Å². The molecule has 1 aliphatic rings. The Hall–Kier alpha value is -2.28. The van der Waals surface area contributed by atoms with Gasteiger partial charge in [-0.25, -0.2) is 4.98 Å². The van der Waals surface area contributed by atoms with Gasteiger partial charge in [-0.2, -0.15) is 10.2 Å². The van der Waals surface area contributed by atoms with Crippen LogP contribution in [0.3, 0.4) is 0 Å². The number of carbonyl (C=O) groups excluding carboxylic acids is 1. The highest BCUT2D eigenvalue weighted by Crippen LogP contribution is 2.34. The van der Waals surface area contributed by atoms with Crippen LogP contribution in [-0.4, -0.2) is 50.7 Å². The Balaban J connectivity index is 1.74. The number of amides is 1. The number of nitrogens with one attached hydrogen (secondary N) is 1. The second-order valence-corrected chi connectivity index (χ2v) is 7.17. The lowest BCUT2D eigenvalue weighted by molar-refractivity contribution is 0.0880. The van der Waals surface area contributed by atoms with Gasteiger partial charge in [-0.3, -0.25) is 9.69 Å². The average Bonchev–Trinajstić information content (AvgIpc) is 3.05. The van der Waals surface area contributed by atoms with E-state index in [2.05, 4.69) is 37.0 Å². The number of piperidine rings is 1. The molecule has 0 saturated carbocycles. The summed E-state index contributed by atoms with van der Waals surface area (Å²) in [6, 6.07) is 2.09. The molecule has 1 aliphatic heterocycles. The highest BCUT2D eigenvalue weighted by atomic mass is 16.1. The zero-order valence-corrected chi connectivity index (χ0v) is 16.1. The third kappa shape index (κ3) is 3.77. The van der Waals surface area contributed by atoms with Gasteiger partial charge in [-0.05, 0) is 51.8 Å². The van der Waals surface area contributed by atoms with Crippen LogP contribution in [0.2, 0.25) is 0 Å². The van der Waals surface area contributed by atoms with Crippen molar-refractivity contribution in [1.29, 1.82) is 0 Å². The molecule has 3 rings (SSSR count). The monoisotopic (exact) mass is 356 g/mol. The van der Waals surface area contributed by atoms with Crippen molar-refractivity contribution < 1.29 is 4.79 Å². The standard InChI is InChI=1S/C19H28N6O/c1-5-16-15(9-13(2)22-23-16)19(26)21-10-14-7-6-8-24(3)18(14)17-11-20-12-25(17)4/h9,11-12,14,18H,5-8,10H2,1-4H3,(H,21,26)/t14-,18+/m0/s1. The van der Waals surface area contributed by atoms with E-state index in [0.717, 1.165) is 30.8 Å². The van der Waals surface area contributed by atoms with Gasteiger partial charge in [-0.1, -0.05) is 6.92 Å². The van der Waals surface area contributed by atoms with Gasteiger partial charge in [0, 0.05) is 19.8 Å². The molecular weight excluding hydrogens is 328 g/mol. The molecule has 1 N–H and O–H groups in total. The fourth-order valence-corrected chi connectivity index (χ4v) is 3.88. The summed E-state index contributed by atoms with van der Waals surface area (Å²) in [7, 11) is 4.18. The number of imidazole rings is 1. The lowest BCUT2D eigenvalue weighted by atomic mass is 9.87. The van der Waals surface area contributed by atoms with Crippen molar-refractivity contribution in [3.8, 4) is 0 Å². The van der Waals surface area contributed by atoms with Gasteiger partial charge < -0.3 is 9.88 Å². The fraction of sp³-hybridized carbons (Fsp3) is 0.579. The molecule has 1 fully saturated rings. The minimum absolute atomic E-state index is 0.0585. The maximum absolute atomic E-state index is 12.8. The van der Waals surface area contributed by atoms with E-state index < -0.39 is 0 Å². The van der Waals surface area contributed by atoms with E-state index in [9.17, 15) is 4.79 Å². The van der Waals surface area contributed by atoms with Crippen LogP contribution in [0.5, 0.6) is 0 Å². The van der Waals surface area contributed by atoms with E-state index in [0.29, 0.717) is 24.4 Å². The summed E-state index contributed by atoms with van der Waals surface area (Å²) in [6.07, 6.45) is 6.70. The van der Waals surface area contributed by atoms with Crippen molar-refractivity contribution in [3.63, 3.8) is 0 Å². The third-order valence-electron chi connectivity index (χ3n) is 5.26. The third-order valence-corrected chi connectivity index (χ3v) is 5.26. The van der Waals surface area contributed by atoms with Crippen LogP contribution >= 0.6 is 0 Å². The Morgan fingerprint density at radius 2 is 2.15 bits per heavy atom. The molecular formula is C19H28N6O. The van der Waals surface area contributed by atoms with E-state index >= 15 is 0 Å². The molecule has 0 unspecified atom stereocenters.